The molecule has 15 heavy (non-hydrogen) atoms. The van der Waals surface area contributed by atoms with Crippen molar-refractivity contribution in [2.24, 2.45) is 5.92 Å². The first-order valence-corrected chi connectivity index (χ1v) is 5.94. The van der Waals surface area contributed by atoms with Crippen molar-refractivity contribution < 1.29 is 14.7 Å². The zero-order chi connectivity index (χ0) is 11.1. The van der Waals surface area contributed by atoms with E-state index in [9.17, 15) is 9.59 Å². The minimum Gasteiger partial charge on any atom is -0.481 e. The van der Waals surface area contributed by atoms with Gasteiger partial charge in [0.05, 0.1) is 0 Å². The number of hydrogen-bond donors (Lipinski definition) is 1. The van der Waals surface area contributed by atoms with E-state index in [0.29, 0.717) is 11.7 Å². The van der Waals surface area contributed by atoms with Crippen molar-refractivity contribution in [3.8, 4) is 0 Å². The van der Waals surface area contributed by atoms with Crippen molar-refractivity contribution >= 4 is 11.8 Å². The average molecular weight is 212 g/mol. The second kappa shape index (κ2) is 6.59. The highest BCUT2D eigenvalue weighted by Crippen LogP contribution is 2.26. The van der Waals surface area contributed by atoms with Crippen LogP contribution in [-0.4, -0.2) is 16.9 Å². The molecule has 1 rings (SSSR count). The summed E-state index contributed by atoms with van der Waals surface area (Å²) in [6, 6.07) is 0. The van der Waals surface area contributed by atoms with Gasteiger partial charge in [-0.05, 0) is 25.7 Å². The third-order valence-corrected chi connectivity index (χ3v) is 3.12. The van der Waals surface area contributed by atoms with E-state index in [4.69, 9.17) is 5.11 Å². The first-order valence-electron chi connectivity index (χ1n) is 5.94. The molecule has 0 spiro atoms. The molecule has 86 valence electrons. The summed E-state index contributed by atoms with van der Waals surface area (Å²) in [6.45, 7) is 0. The maximum Gasteiger partial charge on any atom is 0.303 e. The Morgan fingerprint density at radius 3 is 2.60 bits per heavy atom. The molecule has 3 heteroatoms. The van der Waals surface area contributed by atoms with Crippen LogP contribution in [-0.2, 0) is 9.59 Å². The minimum atomic E-state index is -0.707. The SMILES string of the molecule is O=C(O)CCCCCCC1CCCC1=O. The fraction of sp³-hybridized carbons (Fsp3) is 0.833. The Morgan fingerprint density at radius 2 is 2.00 bits per heavy atom. The number of carbonyl (C=O) groups excluding carboxylic acids is 1. The number of unbranched alkanes of at least 4 members (excludes halogenated alkanes) is 3. The summed E-state index contributed by atoms with van der Waals surface area (Å²) in [5.74, 6) is 0.0611. The van der Waals surface area contributed by atoms with Gasteiger partial charge in [0.2, 0.25) is 0 Å². The maximum atomic E-state index is 11.3. The van der Waals surface area contributed by atoms with E-state index in [1.54, 1.807) is 0 Å². The minimum absolute atomic E-state index is 0.280. The summed E-state index contributed by atoms with van der Waals surface area (Å²) in [6.07, 6.45) is 8.13. The summed E-state index contributed by atoms with van der Waals surface area (Å²) in [5.41, 5.74) is 0. The Morgan fingerprint density at radius 1 is 1.27 bits per heavy atom. The zero-order valence-electron chi connectivity index (χ0n) is 9.21. The van der Waals surface area contributed by atoms with Crippen LogP contribution in [0.4, 0.5) is 0 Å². The lowest BCUT2D eigenvalue weighted by molar-refractivity contribution is -0.137. The van der Waals surface area contributed by atoms with Gasteiger partial charge in [-0.1, -0.05) is 19.3 Å². The van der Waals surface area contributed by atoms with Crippen molar-refractivity contribution in [2.75, 3.05) is 0 Å². The van der Waals surface area contributed by atoms with Gasteiger partial charge >= 0.3 is 5.97 Å². The molecule has 0 amide bonds. The maximum absolute atomic E-state index is 11.3. The van der Waals surface area contributed by atoms with Crippen molar-refractivity contribution in [1.82, 2.24) is 0 Å². The molecule has 0 saturated heterocycles. The van der Waals surface area contributed by atoms with Crippen LogP contribution in [0.1, 0.15) is 57.8 Å². The molecule has 0 aromatic rings. The van der Waals surface area contributed by atoms with E-state index < -0.39 is 5.97 Å². The lowest BCUT2D eigenvalue weighted by Gasteiger charge is -2.06. The van der Waals surface area contributed by atoms with Gasteiger partial charge in [-0.25, -0.2) is 0 Å². The summed E-state index contributed by atoms with van der Waals surface area (Å²) in [4.78, 5) is 21.5. The molecule has 1 N–H and O–H groups in total. The van der Waals surface area contributed by atoms with Crippen LogP contribution in [0.5, 0.6) is 0 Å². The highest BCUT2D eigenvalue weighted by atomic mass is 16.4. The van der Waals surface area contributed by atoms with Crippen LogP contribution in [0.2, 0.25) is 0 Å². The summed E-state index contributed by atoms with van der Waals surface area (Å²) >= 11 is 0. The number of carboxylic acid groups (broad SMARTS) is 1. The molecule has 1 fully saturated rings. The number of hydrogen-bond acceptors (Lipinski definition) is 2. The number of Topliss-reactive ketones (excluding diaryl/α,β-unsaturated/α-hetero) is 1. The van der Waals surface area contributed by atoms with Crippen LogP contribution >= 0.6 is 0 Å². The quantitative estimate of drug-likeness (QED) is 0.660. The van der Waals surface area contributed by atoms with Crippen molar-refractivity contribution in [3.63, 3.8) is 0 Å². The van der Waals surface area contributed by atoms with Crippen LogP contribution in [0.3, 0.4) is 0 Å². The Bertz CT molecular complexity index is 223. The summed E-state index contributed by atoms with van der Waals surface area (Å²) in [7, 11) is 0. The van der Waals surface area contributed by atoms with Gasteiger partial charge < -0.3 is 5.11 Å². The fourth-order valence-corrected chi connectivity index (χ4v) is 2.21. The van der Waals surface area contributed by atoms with E-state index in [1.165, 1.54) is 0 Å². The normalized spacial score (nSPS) is 20.8. The van der Waals surface area contributed by atoms with Gasteiger partial charge in [-0.15, -0.1) is 0 Å². The molecule has 0 aliphatic heterocycles. The molecular formula is C12H20O3. The van der Waals surface area contributed by atoms with E-state index >= 15 is 0 Å². The van der Waals surface area contributed by atoms with Crippen molar-refractivity contribution in [3.05, 3.63) is 0 Å². The van der Waals surface area contributed by atoms with E-state index in [0.717, 1.165) is 51.4 Å². The number of aliphatic carboxylic acids is 1. The lowest BCUT2D eigenvalue weighted by atomic mass is 9.98. The van der Waals surface area contributed by atoms with Crippen LogP contribution in [0, 0.1) is 5.92 Å². The third kappa shape index (κ3) is 4.96. The third-order valence-electron chi connectivity index (χ3n) is 3.12. The Balaban J connectivity index is 1.92. The smallest absolute Gasteiger partial charge is 0.303 e. The van der Waals surface area contributed by atoms with Gasteiger partial charge in [-0.3, -0.25) is 9.59 Å². The number of rotatable bonds is 7. The van der Waals surface area contributed by atoms with Gasteiger partial charge in [0, 0.05) is 18.8 Å². The number of ketones is 1. The predicted octanol–water partition coefficient (Wildman–Crippen LogP) is 2.78. The average Bonchev–Trinajstić information content (AvgIpc) is 2.57. The number of carboxylic acids is 1. The molecule has 0 radical (unpaired) electrons. The Hall–Kier alpha value is -0.860. The zero-order valence-corrected chi connectivity index (χ0v) is 9.21. The first kappa shape index (κ1) is 12.2. The van der Waals surface area contributed by atoms with Crippen LogP contribution in [0.15, 0.2) is 0 Å². The second-order valence-corrected chi connectivity index (χ2v) is 4.40. The second-order valence-electron chi connectivity index (χ2n) is 4.40. The van der Waals surface area contributed by atoms with Gasteiger partial charge in [0.15, 0.2) is 0 Å². The Labute approximate surface area is 90.9 Å². The topological polar surface area (TPSA) is 54.4 Å². The van der Waals surface area contributed by atoms with Crippen molar-refractivity contribution in [2.45, 2.75) is 57.8 Å². The molecule has 1 saturated carbocycles. The monoisotopic (exact) mass is 212 g/mol. The van der Waals surface area contributed by atoms with Crippen molar-refractivity contribution in [1.29, 1.82) is 0 Å². The van der Waals surface area contributed by atoms with Crippen LogP contribution < -0.4 is 0 Å². The van der Waals surface area contributed by atoms with Gasteiger partial charge in [0.25, 0.3) is 0 Å². The largest absolute Gasteiger partial charge is 0.481 e. The van der Waals surface area contributed by atoms with E-state index in [2.05, 4.69) is 0 Å². The number of carbonyl (C=O) groups is 2. The molecule has 0 heterocycles. The molecule has 3 nitrogen and oxygen atoms in total. The highest BCUT2D eigenvalue weighted by Gasteiger charge is 2.23. The van der Waals surface area contributed by atoms with Crippen LogP contribution in [0.25, 0.3) is 0 Å². The Kier molecular flexibility index (Phi) is 5.37. The van der Waals surface area contributed by atoms with E-state index in [-0.39, 0.29) is 6.42 Å². The molecule has 1 aliphatic rings. The molecule has 0 bridgehead atoms. The fourth-order valence-electron chi connectivity index (χ4n) is 2.21. The highest BCUT2D eigenvalue weighted by molar-refractivity contribution is 5.82. The predicted molar refractivity (Wildman–Crippen MR) is 57.7 cm³/mol. The van der Waals surface area contributed by atoms with E-state index in [1.807, 2.05) is 0 Å². The van der Waals surface area contributed by atoms with Gasteiger partial charge in [-0.2, -0.15) is 0 Å². The molecular weight excluding hydrogens is 192 g/mol. The summed E-state index contributed by atoms with van der Waals surface area (Å²) in [5, 5.41) is 8.43. The molecule has 1 aliphatic carbocycles. The first-order chi connectivity index (χ1) is 7.20. The van der Waals surface area contributed by atoms with Gasteiger partial charge in [0.1, 0.15) is 5.78 Å². The lowest BCUT2D eigenvalue weighted by Crippen LogP contribution is -2.05. The molecule has 0 aromatic heterocycles. The molecule has 1 unspecified atom stereocenters. The molecule has 0 aromatic carbocycles. The standard InChI is InChI=1S/C12H20O3/c13-11-8-5-7-10(11)6-3-1-2-4-9-12(14)15/h10H,1-9H2,(H,14,15). The molecule has 1 atom stereocenters. The summed E-state index contributed by atoms with van der Waals surface area (Å²) < 4.78 is 0.